The van der Waals surface area contributed by atoms with E-state index in [-0.39, 0.29) is 5.91 Å². The van der Waals surface area contributed by atoms with E-state index in [4.69, 9.17) is 9.47 Å². The van der Waals surface area contributed by atoms with Crippen LogP contribution in [0.4, 0.5) is 11.4 Å². The fraction of sp³-hybridized carbons (Fsp3) is 0.136. The van der Waals surface area contributed by atoms with Crippen molar-refractivity contribution in [3.63, 3.8) is 0 Å². The van der Waals surface area contributed by atoms with Crippen molar-refractivity contribution in [3.05, 3.63) is 83.7 Å². The van der Waals surface area contributed by atoms with Crippen LogP contribution >= 0.6 is 0 Å². The summed E-state index contributed by atoms with van der Waals surface area (Å²) < 4.78 is 10.0. The number of carbonyl (C=O) groups excluding carboxylic acids is 2. The number of anilines is 2. The Bertz CT molecular complexity index is 1020. The van der Waals surface area contributed by atoms with Gasteiger partial charge in [-0.25, -0.2) is 4.79 Å². The molecule has 0 saturated heterocycles. The Kier molecular flexibility index (Phi) is 6.42. The van der Waals surface area contributed by atoms with E-state index in [1.165, 1.54) is 13.3 Å². The molecule has 0 radical (unpaired) electrons. The Morgan fingerprint density at radius 2 is 1.72 bits per heavy atom. The van der Waals surface area contributed by atoms with Crippen LogP contribution in [0.1, 0.15) is 26.3 Å². The number of hydrogen-bond donors (Lipinski definition) is 2. The lowest BCUT2D eigenvalue weighted by Crippen LogP contribution is -2.23. The van der Waals surface area contributed by atoms with Crippen molar-refractivity contribution >= 4 is 23.3 Å². The van der Waals surface area contributed by atoms with Crippen molar-refractivity contribution in [3.8, 4) is 5.75 Å². The van der Waals surface area contributed by atoms with Crippen molar-refractivity contribution < 1.29 is 19.1 Å². The van der Waals surface area contributed by atoms with Crippen LogP contribution in [-0.4, -0.2) is 31.1 Å². The van der Waals surface area contributed by atoms with Gasteiger partial charge in [0, 0.05) is 24.0 Å². The normalized spacial score (nSPS) is 10.1. The fourth-order valence-corrected chi connectivity index (χ4v) is 2.77. The van der Waals surface area contributed by atoms with E-state index in [1.54, 1.807) is 43.6 Å². The third-order valence-electron chi connectivity index (χ3n) is 4.20. The van der Waals surface area contributed by atoms with Crippen LogP contribution < -0.4 is 15.4 Å². The SMILES string of the molecule is COC(=O)c1cccc(Nc2cncc(C(=O)NCc3ccccc3OC)c2)c1. The van der Waals surface area contributed by atoms with Gasteiger partial charge in [-0.3, -0.25) is 9.78 Å². The van der Waals surface area contributed by atoms with Gasteiger partial charge in [-0.05, 0) is 30.3 Å². The summed E-state index contributed by atoms with van der Waals surface area (Å²) in [5.74, 6) is 0.0402. The highest BCUT2D eigenvalue weighted by Crippen LogP contribution is 2.19. The van der Waals surface area contributed by atoms with E-state index in [9.17, 15) is 9.59 Å². The molecule has 7 nitrogen and oxygen atoms in total. The van der Waals surface area contributed by atoms with Gasteiger partial charge < -0.3 is 20.1 Å². The Morgan fingerprint density at radius 1 is 0.931 bits per heavy atom. The molecule has 1 amide bonds. The number of benzene rings is 2. The molecule has 1 heterocycles. The topological polar surface area (TPSA) is 89.5 Å². The lowest BCUT2D eigenvalue weighted by atomic mass is 10.2. The molecule has 0 aliphatic rings. The summed E-state index contributed by atoms with van der Waals surface area (Å²) in [5, 5.41) is 6.01. The maximum absolute atomic E-state index is 12.5. The minimum atomic E-state index is -0.420. The van der Waals surface area contributed by atoms with Crippen molar-refractivity contribution in [1.29, 1.82) is 0 Å². The molecular formula is C22H21N3O4. The monoisotopic (exact) mass is 391 g/mol. The predicted molar refractivity (Wildman–Crippen MR) is 109 cm³/mol. The number of carbonyl (C=O) groups is 2. The lowest BCUT2D eigenvalue weighted by molar-refractivity contribution is 0.0600. The average molecular weight is 391 g/mol. The number of pyridine rings is 1. The molecule has 7 heteroatoms. The van der Waals surface area contributed by atoms with Gasteiger partial charge in [0.25, 0.3) is 5.91 Å². The predicted octanol–water partition coefficient (Wildman–Crippen LogP) is 3.55. The summed E-state index contributed by atoms with van der Waals surface area (Å²) in [6.45, 7) is 0.335. The van der Waals surface area contributed by atoms with Crippen molar-refractivity contribution in [2.75, 3.05) is 19.5 Å². The van der Waals surface area contributed by atoms with Gasteiger partial charge in [-0.2, -0.15) is 0 Å². The summed E-state index contributed by atoms with van der Waals surface area (Å²) >= 11 is 0. The zero-order valence-electron chi connectivity index (χ0n) is 16.1. The highest BCUT2D eigenvalue weighted by Gasteiger charge is 2.10. The summed E-state index contributed by atoms with van der Waals surface area (Å²) in [7, 11) is 2.92. The average Bonchev–Trinajstić information content (AvgIpc) is 2.77. The zero-order valence-corrected chi connectivity index (χ0v) is 16.1. The van der Waals surface area contributed by atoms with Crippen molar-refractivity contribution in [1.82, 2.24) is 10.3 Å². The summed E-state index contributed by atoms with van der Waals surface area (Å²) in [4.78, 5) is 28.3. The number of para-hydroxylation sites is 1. The number of aromatic nitrogens is 1. The number of ether oxygens (including phenoxy) is 2. The first-order valence-electron chi connectivity index (χ1n) is 8.91. The molecule has 0 fully saturated rings. The standard InChI is InChI=1S/C22H21N3O4/c1-28-20-9-4-3-6-16(20)13-24-21(26)17-11-19(14-23-12-17)25-18-8-5-7-15(10-18)22(27)29-2/h3-12,14,25H,13H2,1-2H3,(H,24,26). The first-order valence-corrected chi connectivity index (χ1v) is 8.91. The molecule has 0 bridgehead atoms. The van der Waals surface area contributed by atoms with Gasteiger partial charge in [-0.1, -0.05) is 24.3 Å². The van der Waals surface area contributed by atoms with Gasteiger partial charge in [0.05, 0.1) is 37.2 Å². The fourth-order valence-electron chi connectivity index (χ4n) is 2.77. The molecule has 0 unspecified atom stereocenters. The Balaban J connectivity index is 1.69. The smallest absolute Gasteiger partial charge is 0.337 e. The number of amides is 1. The largest absolute Gasteiger partial charge is 0.496 e. The van der Waals surface area contributed by atoms with E-state index < -0.39 is 5.97 Å². The zero-order chi connectivity index (χ0) is 20.6. The molecule has 3 aromatic rings. The van der Waals surface area contributed by atoms with E-state index in [2.05, 4.69) is 15.6 Å². The van der Waals surface area contributed by atoms with Crippen molar-refractivity contribution in [2.45, 2.75) is 6.54 Å². The summed E-state index contributed by atoms with van der Waals surface area (Å²) in [6, 6.07) is 16.1. The second kappa shape index (κ2) is 9.36. The minimum absolute atomic E-state index is 0.254. The molecule has 0 aliphatic heterocycles. The molecule has 0 saturated carbocycles. The van der Waals surface area contributed by atoms with E-state index in [0.29, 0.717) is 34.8 Å². The van der Waals surface area contributed by atoms with Gasteiger partial charge in [0.2, 0.25) is 0 Å². The van der Waals surface area contributed by atoms with Gasteiger partial charge in [-0.15, -0.1) is 0 Å². The maximum atomic E-state index is 12.5. The first-order chi connectivity index (χ1) is 14.1. The molecule has 0 aliphatic carbocycles. The van der Waals surface area contributed by atoms with Crippen LogP contribution in [0.3, 0.4) is 0 Å². The number of hydrogen-bond acceptors (Lipinski definition) is 6. The first kappa shape index (κ1) is 19.9. The quantitative estimate of drug-likeness (QED) is 0.599. The van der Waals surface area contributed by atoms with Crippen LogP contribution in [0.25, 0.3) is 0 Å². The van der Waals surface area contributed by atoms with Crippen LogP contribution in [0, 0.1) is 0 Å². The van der Waals surface area contributed by atoms with E-state index in [1.807, 2.05) is 24.3 Å². The molecular weight excluding hydrogens is 370 g/mol. The molecule has 148 valence electrons. The summed E-state index contributed by atoms with van der Waals surface area (Å²) in [5.41, 5.74) is 3.02. The summed E-state index contributed by atoms with van der Waals surface area (Å²) in [6.07, 6.45) is 3.09. The van der Waals surface area contributed by atoms with Crippen LogP contribution in [0.5, 0.6) is 5.75 Å². The van der Waals surface area contributed by atoms with Gasteiger partial charge in [0.1, 0.15) is 5.75 Å². The van der Waals surface area contributed by atoms with Crippen molar-refractivity contribution in [2.24, 2.45) is 0 Å². The number of nitrogens with one attached hydrogen (secondary N) is 2. The third-order valence-corrected chi connectivity index (χ3v) is 4.20. The Hall–Kier alpha value is -3.87. The molecule has 0 atom stereocenters. The van der Waals surface area contributed by atoms with Crippen LogP contribution in [0.15, 0.2) is 67.0 Å². The molecule has 3 rings (SSSR count). The van der Waals surface area contributed by atoms with E-state index >= 15 is 0 Å². The number of nitrogens with zero attached hydrogens (tertiary/aromatic N) is 1. The van der Waals surface area contributed by atoms with Crippen LogP contribution in [0.2, 0.25) is 0 Å². The van der Waals surface area contributed by atoms with Gasteiger partial charge in [0.15, 0.2) is 0 Å². The van der Waals surface area contributed by atoms with Crippen LogP contribution in [-0.2, 0) is 11.3 Å². The number of esters is 1. The minimum Gasteiger partial charge on any atom is -0.496 e. The molecule has 2 aromatic carbocycles. The second-order valence-electron chi connectivity index (χ2n) is 6.15. The van der Waals surface area contributed by atoms with Gasteiger partial charge >= 0.3 is 5.97 Å². The maximum Gasteiger partial charge on any atom is 0.337 e. The Labute approximate surface area is 168 Å². The highest BCUT2D eigenvalue weighted by atomic mass is 16.5. The molecule has 2 N–H and O–H groups in total. The number of methoxy groups -OCH3 is 2. The Morgan fingerprint density at radius 3 is 2.52 bits per heavy atom. The lowest BCUT2D eigenvalue weighted by Gasteiger charge is -2.11. The third kappa shape index (κ3) is 5.10. The number of rotatable bonds is 7. The molecule has 0 spiro atoms. The highest BCUT2D eigenvalue weighted by molar-refractivity contribution is 5.95. The van der Waals surface area contributed by atoms with E-state index in [0.717, 1.165) is 5.56 Å². The molecule has 1 aromatic heterocycles. The molecule has 29 heavy (non-hydrogen) atoms. The second-order valence-corrected chi connectivity index (χ2v) is 6.15.